The quantitative estimate of drug-likeness (QED) is 0.784. The zero-order chi connectivity index (χ0) is 13.2. The molecule has 0 bridgehead atoms. The van der Waals surface area contributed by atoms with Gasteiger partial charge in [0, 0.05) is 18.5 Å². The lowest BCUT2D eigenvalue weighted by Crippen LogP contribution is -2.34. The number of hydrogen-bond acceptors (Lipinski definition) is 4. The van der Waals surface area contributed by atoms with Crippen LogP contribution in [-0.4, -0.2) is 34.7 Å². The summed E-state index contributed by atoms with van der Waals surface area (Å²) in [5.41, 5.74) is 3.58. The second-order valence-electron chi connectivity index (χ2n) is 5.37. The van der Waals surface area contributed by atoms with Crippen LogP contribution in [0.25, 0.3) is 6.08 Å². The molecule has 1 aliphatic rings. The van der Waals surface area contributed by atoms with E-state index in [1.807, 2.05) is 31.7 Å². The van der Waals surface area contributed by atoms with Crippen molar-refractivity contribution in [3.8, 4) is 0 Å². The van der Waals surface area contributed by atoms with E-state index in [9.17, 15) is 4.79 Å². The van der Waals surface area contributed by atoms with Gasteiger partial charge < -0.3 is 9.64 Å². The fourth-order valence-electron chi connectivity index (χ4n) is 1.78. The molecule has 1 saturated heterocycles. The number of nitrogens with zero attached hydrogens (tertiary/aromatic N) is 2. The Morgan fingerprint density at radius 3 is 2.94 bits per heavy atom. The summed E-state index contributed by atoms with van der Waals surface area (Å²) in [4.78, 5) is 17.8. The van der Waals surface area contributed by atoms with Crippen LogP contribution in [0.15, 0.2) is 16.5 Å². The molecule has 2 rings (SSSR count). The van der Waals surface area contributed by atoms with E-state index in [1.165, 1.54) is 5.57 Å². The van der Waals surface area contributed by atoms with Crippen molar-refractivity contribution < 1.29 is 9.53 Å². The Morgan fingerprint density at radius 1 is 1.56 bits per heavy atom. The second-order valence-corrected chi connectivity index (χ2v) is 6.09. The molecule has 0 aliphatic carbocycles. The van der Waals surface area contributed by atoms with Crippen molar-refractivity contribution in [1.82, 2.24) is 9.88 Å². The third-order valence-electron chi connectivity index (χ3n) is 2.55. The molecule has 0 unspecified atom stereocenters. The van der Waals surface area contributed by atoms with Crippen molar-refractivity contribution in [2.24, 2.45) is 0 Å². The lowest BCUT2D eigenvalue weighted by Gasteiger charge is -2.23. The molecular weight excluding hydrogens is 248 g/mol. The average Bonchev–Trinajstić information content (AvgIpc) is 2.86. The van der Waals surface area contributed by atoms with Gasteiger partial charge in [-0.05, 0) is 38.8 Å². The Morgan fingerprint density at radius 2 is 2.33 bits per heavy atom. The normalized spacial score (nSPS) is 18.4. The van der Waals surface area contributed by atoms with Gasteiger partial charge in [-0.25, -0.2) is 9.78 Å². The predicted molar refractivity (Wildman–Crippen MR) is 72.5 cm³/mol. The SMILES string of the molecule is CC(C)(C)OC(=O)N1CCC(=Cc2cscn2)C1. The van der Waals surface area contributed by atoms with Crippen molar-refractivity contribution in [3.05, 3.63) is 22.2 Å². The van der Waals surface area contributed by atoms with Gasteiger partial charge in [-0.15, -0.1) is 11.3 Å². The summed E-state index contributed by atoms with van der Waals surface area (Å²) in [6.07, 6.45) is 2.72. The Balaban J connectivity index is 1.94. The number of hydrogen-bond donors (Lipinski definition) is 0. The van der Waals surface area contributed by atoms with E-state index in [4.69, 9.17) is 4.74 Å². The summed E-state index contributed by atoms with van der Waals surface area (Å²) in [7, 11) is 0. The number of amides is 1. The Hall–Kier alpha value is -1.36. The first kappa shape index (κ1) is 13.1. The second kappa shape index (κ2) is 5.10. The maximum Gasteiger partial charge on any atom is 0.410 e. The van der Waals surface area contributed by atoms with Crippen molar-refractivity contribution >= 4 is 23.5 Å². The highest BCUT2D eigenvalue weighted by atomic mass is 32.1. The highest BCUT2D eigenvalue weighted by Crippen LogP contribution is 2.20. The summed E-state index contributed by atoms with van der Waals surface area (Å²) in [5, 5.41) is 2.00. The summed E-state index contributed by atoms with van der Waals surface area (Å²) < 4.78 is 5.35. The van der Waals surface area contributed by atoms with Crippen LogP contribution in [-0.2, 0) is 4.74 Å². The molecule has 0 aromatic carbocycles. The maximum absolute atomic E-state index is 11.9. The molecule has 1 fully saturated rings. The highest BCUT2D eigenvalue weighted by molar-refractivity contribution is 7.07. The third-order valence-corrected chi connectivity index (χ3v) is 3.16. The minimum absolute atomic E-state index is 0.232. The van der Waals surface area contributed by atoms with E-state index in [0.29, 0.717) is 6.54 Å². The fourth-order valence-corrected chi connectivity index (χ4v) is 2.30. The number of carbonyl (C=O) groups excluding carboxylic acids is 1. The van der Waals surface area contributed by atoms with Gasteiger partial charge in [0.1, 0.15) is 5.60 Å². The van der Waals surface area contributed by atoms with Gasteiger partial charge in [0.05, 0.1) is 11.2 Å². The number of thiazole rings is 1. The molecule has 0 saturated carbocycles. The van der Waals surface area contributed by atoms with E-state index < -0.39 is 5.60 Å². The lowest BCUT2D eigenvalue weighted by molar-refractivity contribution is 0.0299. The van der Waals surface area contributed by atoms with Crippen molar-refractivity contribution in [2.45, 2.75) is 32.8 Å². The predicted octanol–water partition coefficient (Wildman–Crippen LogP) is 3.17. The number of carbonyl (C=O) groups is 1. The molecule has 0 atom stereocenters. The molecular formula is C13H18N2O2S. The fraction of sp³-hybridized carbons (Fsp3) is 0.538. The molecule has 0 N–H and O–H groups in total. The van der Waals surface area contributed by atoms with Crippen LogP contribution in [0.4, 0.5) is 4.79 Å². The van der Waals surface area contributed by atoms with Crippen LogP contribution in [0, 0.1) is 0 Å². The summed E-state index contributed by atoms with van der Waals surface area (Å²) in [6.45, 7) is 7.02. The Bertz CT molecular complexity index is 446. The van der Waals surface area contributed by atoms with Crippen LogP contribution < -0.4 is 0 Å². The first-order valence-electron chi connectivity index (χ1n) is 5.99. The van der Waals surface area contributed by atoms with E-state index in [1.54, 1.807) is 16.2 Å². The van der Waals surface area contributed by atoms with Crippen LogP contribution in [0.5, 0.6) is 0 Å². The molecule has 0 radical (unpaired) electrons. The summed E-state index contributed by atoms with van der Waals surface area (Å²) in [5.74, 6) is 0. The molecule has 4 nitrogen and oxygen atoms in total. The van der Waals surface area contributed by atoms with Crippen LogP contribution >= 0.6 is 11.3 Å². The van der Waals surface area contributed by atoms with Crippen LogP contribution in [0.2, 0.25) is 0 Å². The van der Waals surface area contributed by atoms with Gasteiger partial charge in [-0.1, -0.05) is 0 Å². The van der Waals surface area contributed by atoms with Crippen molar-refractivity contribution in [1.29, 1.82) is 0 Å². The maximum atomic E-state index is 11.9. The number of aromatic nitrogens is 1. The van der Waals surface area contributed by atoms with Gasteiger partial charge in [-0.2, -0.15) is 0 Å². The lowest BCUT2D eigenvalue weighted by atomic mass is 10.2. The van der Waals surface area contributed by atoms with Gasteiger partial charge in [0.2, 0.25) is 0 Å². The number of ether oxygens (including phenoxy) is 1. The zero-order valence-electron chi connectivity index (χ0n) is 11.0. The van der Waals surface area contributed by atoms with Gasteiger partial charge in [0.15, 0.2) is 0 Å². The summed E-state index contributed by atoms with van der Waals surface area (Å²) >= 11 is 1.58. The van der Waals surface area contributed by atoms with E-state index in [-0.39, 0.29) is 6.09 Å². The molecule has 18 heavy (non-hydrogen) atoms. The molecule has 1 aromatic heterocycles. The third kappa shape index (κ3) is 3.57. The Labute approximate surface area is 111 Å². The molecule has 1 amide bonds. The molecule has 0 spiro atoms. The first-order chi connectivity index (χ1) is 8.44. The summed E-state index contributed by atoms with van der Waals surface area (Å²) in [6, 6.07) is 0. The van der Waals surface area contributed by atoms with Crippen LogP contribution in [0.1, 0.15) is 32.9 Å². The van der Waals surface area contributed by atoms with E-state index in [2.05, 4.69) is 11.1 Å². The van der Waals surface area contributed by atoms with Gasteiger partial charge in [-0.3, -0.25) is 0 Å². The largest absolute Gasteiger partial charge is 0.444 e. The number of likely N-dealkylation sites (tertiary alicyclic amines) is 1. The molecule has 2 heterocycles. The average molecular weight is 266 g/mol. The standard InChI is InChI=1S/C13H18N2O2S/c1-13(2,3)17-12(16)15-5-4-10(7-15)6-11-8-18-9-14-11/h6,8-9H,4-5,7H2,1-3H3. The minimum atomic E-state index is -0.432. The van der Waals surface area contributed by atoms with Gasteiger partial charge >= 0.3 is 6.09 Å². The smallest absolute Gasteiger partial charge is 0.410 e. The monoisotopic (exact) mass is 266 g/mol. The molecule has 1 aliphatic heterocycles. The first-order valence-corrected chi connectivity index (χ1v) is 6.94. The minimum Gasteiger partial charge on any atom is -0.444 e. The van der Waals surface area contributed by atoms with Crippen molar-refractivity contribution in [3.63, 3.8) is 0 Å². The highest BCUT2D eigenvalue weighted by Gasteiger charge is 2.26. The van der Waals surface area contributed by atoms with Crippen LogP contribution in [0.3, 0.4) is 0 Å². The molecule has 5 heteroatoms. The zero-order valence-corrected chi connectivity index (χ0v) is 11.8. The van der Waals surface area contributed by atoms with E-state index in [0.717, 1.165) is 18.7 Å². The Kier molecular flexibility index (Phi) is 3.71. The topological polar surface area (TPSA) is 42.4 Å². The van der Waals surface area contributed by atoms with Crippen molar-refractivity contribution in [2.75, 3.05) is 13.1 Å². The van der Waals surface area contributed by atoms with Gasteiger partial charge in [0.25, 0.3) is 0 Å². The molecule has 1 aromatic rings. The van der Waals surface area contributed by atoms with E-state index >= 15 is 0 Å². The number of rotatable bonds is 1. The molecule has 98 valence electrons.